The van der Waals surface area contributed by atoms with Gasteiger partial charge in [-0.25, -0.2) is 16.8 Å². The molecule has 3 aromatic carbocycles. The Hall–Kier alpha value is -3.12. The number of aryl methyl sites for hydroxylation is 1. The molecule has 0 unspecified atom stereocenters. The van der Waals surface area contributed by atoms with E-state index in [1.807, 2.05) is 6.92 Å². The largest absolute Gasteiger partial charge is 0.496 e. The molecule has 1 aliphatic heterocycles. The summed E-state index contributed by atoms with van der Waals surface area (Å²) in [7, 11) is -6.26. The van der Waals surface area contributed by atoms with Crippen molar-refractivity contribution in [3.8, 4) is 5.75 Å². The molecule has 0 bridgehead atoms. The molecule has 2 N–H and O–H groups in total. The Balaban J connectivity index is 1.52. The van der Waals surface area contributed by atoms with Crippen LogP contribution in [-0.4, -0.2) is 47.2 Å². The second-order valence-corrected chi connectivity index (χ2v) is 12.9. The minimum atomic E-state index is -3.90. The molecule has 1 fully saturated rings. The number of methoxy groups -OCH3 is 1. The van der Waals surface area contributed by atoms with Crippen molar-refractivity contribution in [2.75, 3.05) is 30.2 Å². The third-order valence-electron chi connectivity index (χ3n) is 6.21. The second-order valence-electron chi connectivity index (χ2n) is 8.87. The summed E-state index contributed by atoms with van der Waals surface area (Å²) in [5.41, 5.74) is 1.50. The highest BCUT2D eigenvalue weighted by Gasteiger charge is 2.28. The van der Waals surface area contributed by atoms with Crippen LogP contribution in [-0.2, 0) is 20.0 Å². The molecular formula is C26H28ClN3O6S2. The number of nitrogens with zero attached hydrogens (tertiary/aromatic N) is 1. The topological polar surface area (TPSA) is 122 Å². The number of hydrogen-bond acceptors (Lipinski definition) is 6. The fraction of sp³-hybridized carbons (Fsp3) is 0.269. The molecule has 0 aliphatic carbocycles. The first-order chi connectivity index (χ1) is 18.0. The average molecular weight is 578 g/mol. The zero-order chi connectivity index (χ0) is 27.5. The molecule has 0 atom stereocenters. The lowest BCUT2D eigenvalue weighted by Gasteiger charge is -2.26. The quantitative estimate of drug-likeness (QED) is 0.393. The number of carbonyl (C=O) groups is 1. The van der Waals surface area contributed by atoms with E-state index >= 15 is 0 Å². The Kier molecular flexibility index (Phi) is 8.31. The van der Waals surface area contributed by atoms with E-state index in [0.717, 1.165) is 24.8 Å². The minimum Gasteiger partial charge on any atom is -0.496 e. The first-order valence-electron chi connectivity index (χ1n) is 11.9. The monoisotopic (exact) mass is 577 g/mol. The first kappa shape index (κ1) is 27.9. The van der Waals surface area contributed by atoms with E-state index in [2.05, 4.69) is 10.0 Å². The summed E-state index contributed by atoms with van der Waals surface area (Å²) in [5, 5.41) is 3.11. The highest BCUT2D eigenvalue weighted by atomic mass is 35.5. The third kappa shape index (κ3) is 6.12. The molecule has 1 amide bonds. The number of benzene rings is 3. The fourth-order valence-corrected chi connectivity index (χ4v) is 6.84. The van der Waals surface area contributed by atoms with Gasteiger partial charge in [-0.05, 0) is 79.9 Å². The standard InChI is InChI=1S/C26H28ClN3O6S2/c1-18-6-7-20(16-24(18)27)29-37(32,33)21-10-8-19(9-11-21)28-26(31)23-17-22(12-13-25(23)36-2)38(34,35)30-14-4-3-5-15-30/h6-13,16-17,29H,3-5,14-15H2,1-2H3,(H,28,31). The predicted octanol–water partition coefficient (Wildman–Crippen LogP) is 4.88. The zero-order valence-electron chi connectivity index (χ0n) is 20.9. The maximum Gasteiger partial charge on any atom is 0.261 e. The van der Waals surface area contributed by atoms with Gasteiger partial charge in [-0.1, -0.05) is 24.1 Å². The summed E-state index contributed by atoms with van der Waals surface area (Å²) in [5.74, 6) is -0.388. The summed E-state index contributed by atoms with van der Waals surface area (Å²) >= 11 is 6.08. The van der Waals surface area contributed by atoms with Gasteiger partial charge >= 0.3 is 0 Å². The Morgan fingerprint density at radius 1 is 0.868 bits per heavy atom. The lowest BCUT2D eigenvalue weighted by atomic mass is 10.2. The minimum absolute atomic E-state index is 0.00840. The van der Waals surface area contributed by atoms with E-state index < -0.39 is 26.0 Å². The van der Waals surface area contributed by atoms with E-state index in [0.29, 0.717) is 29.5 Å². The third-order valence-corrected chi connectivity index (χ3v) is 9.91. The number of amides is 1. The van der Waals surface area contributed by atoms with Crippen molar-refractivity contribution in [1.82, 2.24) is 4.31 Å². The molecule has 202 valence electrons. The van der Waals surface area contributed by atoms with Gasteiger partial charge in [0.1, 0.15) is 5.75 Å². The van der Waals surface area contributed by atoms with Crippen molar-refractivity contribution in [1.29, 1.82) is 0 Å². The van der Waals surface area contributed by atoms with Gasteiger partial charge in [0.05, 0.1) is 28.2 Å². The molecule has 9 nitrogen and oxygen atoms in total. The zero-order valence-corrected chi connectivity index (χ0v) is 23.3. The van der Waals surface area contributed by atoms with Crippen molar-refractivity contribution >= 4 is 48.9 Å². The smallest absolute Gasteiger partial charge is 0.261 e. The maximum atomic E-state index is 13.1. The van der Waals surface area contributed by atoms with E-state index in [4.69, 9.17) is 16.3 Å². The van der Waals surface area contributed by atoms with Crippen LogP contribution in [0.2, 0.25) is 5.02 Å². The van der Waals surface area contributed by atoms with Crippen LogP contribution in [0.15, 0.2) is 70.5 Å². The average Bonchev–Trinajstić information content (AvgIpc) is 2.91. The molecule has 0 saturated carbocycles. The van der Waals surface area contributed by atoms with Crippen LogP contribution in [0.3, 0.4) is 0 Å². The number of carbonyl (C=O) groups excluding carboxylic acids is 1. The molecule has 0 radical (unpaired) electrons. The van der Waals surface area contributed by atoms with Crippen LogP contribution < -0.4 is 14.8 Å². The van der Waals surface area contributed by atoms with Crippen LogP contribution >= 0.6 is 11.6 Å². The number of halogens is 1. The van der Waals surface area contributed by atoms with E-state index in [1.54, 1.807) is 12.1 Å². The van der Waals surface area contributed by atoms with E-state index in [-0.39, 0.29) is 21.1 Å². The number of piperidine rings is 1. The molecule has 0 aromatic heterocycles. The number of hydrogen-bond donors (Lipinski definition) is 2. The lowest BCUT2D eigenvalue weighted by molar-refractivity contribution is 0.102. The highest BCUT2D eigenvalue weighted by molar-refractivity contribution is 7.92. The van der Waals surface area contributed by atoms with Crippen LogP contribution in [0, 0.1) is 6.92 Å². The Morgan fingerprint density at radius 2 is 1.50 bits per heavy atom. The molecular weight excluding hydrogens is 550 g/mol. The van der Waals surface area contributed by atoms with E-state index in [1.165, 1.54) is 59.9 Å². The number of sulfonamides is 2. The summed E-state index contributed by atoms with van der Waals surface area (Å²) in [6.07, 6.45) is 2.57. The maximum absolute atomic E-state index is 13.1. The van der Waals surface area contributed by atoms with E-state index in [9.17, 15) is 21.6 Å². The molecule has 38 heavy (non-hydrogen) atoms. The van der Waals surface area contributed by atoms with Gasteiger partial charge in [0.15, 0.2) is 0 Å². The normalized spacial score (nSPS) is 14.6. The van der Waals surface area contributed by atoms with Gasteiger partial charge in [0.25, 0.3) is 15.9 Å². The van der Waals surface area contributed by atoms with Crippen molar-refractivity contribution in [2.45, 2.75) is 36.0 Å². The van der Waals surface area contributed by atoms with Gasteiger partial charge in [0.2, 0.25) is 10.0 Å². The van der Waals surface area contributed by atoms with Crippen molar-refractivity contribution < 1.29 is 26.4 Å². The molecule has 1 heterocycles. The highest BCUT2D eigenvalue weighted by Crippen LogP contribution is 2.28. The van der Waals surface area contributed by atoms with Crippen LogP contribution in [0.4, 0.5) is 11.4 Å². The Labute approximate surface area is 227 Å². The molecule has 12 heteroatoms. The predicted molar refractivity (Wildman–Crippen MR) is 147 cm³/mol. The molecule has 1 saturated heterocycles. The van der Waals surface area contributed by atoms with Crippen molar-refractivity contribution in [3.05, 3.63) is 76.8 Å². The first-order valence-corrected chi connectivity index (χ1v) is 15.2. The molecule has 3 aromatic rings. The van der Waals surface area contributed by atoms with Gasteiger partial charge in [-0.15, -0.1) is 0 Å². The van der Waals surface area contributed by atoms with Gasteiger partial charge in [-0.2, -0.15) is 4.31 Å². The number of ether oxygens (including phenoxy) is 1. The van der Waals surface area contributed by atoms with Crippen molar-refractivity contribution in [2.24, 2.45) is 0 Å². The summed E-state index contributed by atoms with van der Waals surface area (Å²) in [6, 6.07) is 14.6. The van der Waals surface area contributed by atoms with Gasteiger partial charge in [0, 0.05) is 23.8 Å². The molecule has 1 aliphatic rings. The fourth-order valence-electron chi connectivity index (χ4n) is 4.07. The summed E-state index contributed by atoms with van der Waals surface area (Å²) in [6.45, 7) is 2.70. The number of anilines is 2. The molecule has 0 spiro atoms. The van der Waals surface area contributed by atoms with Gasteiger partial charge in [-0.3, -0.25) is 9.52 Å². The lowest BCUT2D eigenvalue weighted by Crippen LogP contribution is -2.35. The summed E-state index contributed by atoms with van der Waals surface area (Å²) < 4.78 is 61.0. The van der Waals surface area contributed by atoms with Crippen LogP contribution in [0.5, 0.6) is 5.75 Å². The van der Waals surface area contributed by atoms with Crippen molar-refractivity contribution in [3.63, 3.8) is 0 Å². The van der Waals surface area contributed by atoms with Gasteiger partial charge < -0.3 is 10.1 Å². The van der Waals surface area contributed by atoms with Crippen LogP contribution in [0.25, 0.3) is 0 Å². The second kappa shape index (κ2) is 11.3. The Bertz CT molecular complexity index is 1550. The summed E-state index contributed by atoms with van der Waals surface area (Å²) in [4.78, 5) is 13.1. The Morgan fingerprint density at radius 3 is 2.13 bits per heavy atom. The number of nitrogens with one attached hydrogen (secondary N) is 2. The molecule has 4 rings (SSSR count). The SMILES string of the molecule is COc1ccc(S(=O)(=O)N2CCCCC2)cc1C(=O)Nc1ccc(S(=O)(=O)Nc2ccc(C)c(Cl)c2)cc1. The number of rotatable bonds is 8. The van der Waals surface area contributed by atoms with Crippen LogP contribution in [0.1, 0.15) is 35.2 Å².